The maximum absolute atomic E-state index is 13.4. The number of Topliss-reactive ketones (excluding diaryl/α,β-unsaturated/α-hetero) is 1. The zero-order valence-corrected chi connectivity index (χ0v) is 16.9. The predicted molar refractivity (Wildman–Crippen MR) is 106 cm³/mol. The van der Waals surface area contributed by atoms with Gasteiger partial charge in [-0.1, -0.05) is 0 Å². The Bertz CT molecular complexity index is 921. The molecule has 4 aliphatic carbocycles. The van der Waals surface area contributed by atoms with Crippen LogP contribution in [-0.4, -0.2) is 34.1 Å². The molecule has 1 aromatic rings. The van der Waals surface area contributed by atoms with Crippen molar-refractivity contribution in [2.45, 2.75) is 51.0 Å². The second-order valence-electron chi connectivity index (χ2n) is 9.87. The highest BCUT2D eigenvalue weighted by atomic mass is 16.6. The standard InChI is InChI=1S/C22H25N3O5/c1-21(16-2-4-17(5-3-16)25(29)30)19(27)24(20(28)23-21)12-18(26)22-9-13-6-14(10-22)8-15(7-13)11-22/h2-5,13-15H,6-12H2,1H3,(H,23,28)/t13?,14?,15?,21-,22?/m0/s1. The fraction of sp³-hybridized carbons (Fsp3) is 0.591. The monoisotopic (exact) mass is 411 g/mol. The quantitative estimate of drug-likeness (QED) is 0.455. The summed E-state index contributed by atoms with van der Waals surface area (Å²) in [4.78, 5) is 50.6. The molecule has 1 heterocycles. The molecule has 0 unspecified atom stereocenters. The van der Waals surface area contributed by atoms with E-state index in [0.717, 1.165) is 24.2 Å². The Morgan fingerprint density at radius 3 is 2.13 bits per heavy atom. The topological polar surface area (TPSA) is 110 Å². The number of carbonyl (C=O) groups is 3. The highest BCUT2D eigenvalue weighted by Gasteiger charge is 2.56. The lowest BCUT2D eigenvalue weighted by atomic mass is 9.48. The molecule has 3 amide bonds. The molecule has 0 aromatic heterocycles. The zero-order chi connectivity index (χ0) is 21.3. The van der Waals surface area contributed by atoms with Crippen molar-refractivity contribution in [2.75, 3.05) is 6.54 Å². The molecule has 4 bridgehead atoms. The van der Waals surface area contributed by atoms with Gasteiger partial charge in [0, 0.05) is 17.5 Å². The molecular formula is C22H25N3O5. The van der Waals surface area contributed by atoms with Gasteiger partial charge >= 0.3 is 6.03 Å². The van der Waals surface area contributed by atoms with Crippen LogP contribution in [0, 0.1) is 33.3 Å². The van der Waals surface area contributed by atoms with Gasteiger partial charge in [0.05, 0.1) is 11.5 Å². The number of hydrogen-bond acceptors (Lipinski definition) is 5. The van der Waals surface area contributed by atoms with E-state index in [9.17, 15) is 24.5 Å². The minimum absolute atomic E-state index is 0.0121. The number of imide groups is 1. The highest BCUT2D eigenvalue weighted by Crippen LogP contribution is 2.60. The van der Waals surface area contributed by atoms with Crippen molar-refractivity contribution in [1.29, 1.82) is 0 Å². The SMILES string of the molecule is C[C@@]1(c2ccc([N+](=O)[O-])cc2)NC(=O)N(CC(=O)C23CC4CC(CC(C4)C2)C3)C1=O. The van der Waals surface area contributed by atoms with E-state index in [0.29, 0.717) is 23.3 Å². The normalized spacial score (nSPS) is 36.8. The number of ketones is 1. The maximum atomic E-state index is 13.4. The zero-order valence-electron chi connectivity index (χ0n) is 16.9. The molecule has 5 aliphatic rings. The Morgan fingerprint density at radius 2 is 1.63 bits per heavy atom. The molecule has 5 fully saturated rings. The van der Waals surface area contributed by atoms with Gasteiger partial charge < -0.3 is 5.32 Å². The average molecular weight is 411 g/mol. The van der Waals surface area contributed by atoms with Gasteiger partial charge in [-0.2, -0.15) is 0 Å². The lowest BCUT2D eigenvalue weighted by Crippen LogP contribution is -2.53. The van der Waals surface area contributed by atoms with E-state index in [-0.39, 0.29) is 23.4 Å². The summed E-state index contributed by atoms with van der Waals surface area (Å²) in [5.74, 6) is 1.34. The van der Waals surface area contributed by atoms with E-state index < -0.39 is 22.4 Å². The fourth-order valence-corrected chi connectivity index (χ4v) is 6.72. The van der Waals surface area contributed by atoms with Crippen LogP contribution in [0.25, 0.3) is 0 Å². The average Bonchev–Trinajstić information content (AvgIpc) is 2.91. The third kappa shape index (κ3) is 2.76. The number of benzene rings is 1. The number of urea groups is 1. The van der Waals surface area contributed by atoms with Gasteiger partial charge in [-0.25, -0.2) is 4.79 Å². The van der Waals surface area contributed by atoms with Crippen molar-refractivity contribution >= 4 is 23.4 Å². The highest BCUT2D eigenvalue weighted by molar-refractivity contribution is 6.09. The van der Waals surface area contributed by atoms with Crippen LogP contribution >= 0.6 is 0 Å². The molecule has 158 valence electrons. The molecule has 1 aromatic carbocycles. The van der Waals surface area contributed by atoms with Crippen LogP contribution in [0.15, 0.2) is 24.3 Å². The summed E-state index contributed by atoms with van der Waals surface area (Å²) in [6.45, 7) is 1.38. The number of non-ortho nitro benzene ring substituents is 1. The van der Waals surface area contributed by atoms with Crippen LogP contribution in [0.3, 0.4) is 0 Å². The van der Waals surface area contributed by atoms with Crippen molar-refractivity contribution in [1.82, 2.24) is 10.2 Å². The summed E-state index contributed by atoms with van der Waals surface area (Å²) in [5.41, 5.74) is -1.35. The fourth-order valence-electron chi connectivity index (χ4n) is 6.72. The molecule has 30 heavy (non-hydrogen) atoms. The Hall–Kier alpha value is -2.77. The van der Waals surface area contributed by atoms with E-state index in [4.69, 9.17) is 0 Å². The first-order valence-corrected chi connectivity index (χ1v) is 10.6. The number of nitro benzene ring substituents is 1. The summed E-state index contributed by atoms with van der Waals surface area (Å²) in [7, 11) is 0. The Morgan fingerprint density at radius 1 is 1.10 bits per heavy atom. The van der Waals surface area contributed by atoms with Crippen molar-refractivity contribution in [3.8, 4) is 0 Å². The van der Waals surface area contributed by atoms with E-state index in [1.165, 1.54) is 43.5 Å². The van der Waals surface area contributed by atoms with Gasteiger partial charge in [-0.3, -0.25) is 24.6 Å². The third-order valence-electron chi connectivity index (χ3n) is 7.86. The van der Waals surface area contributed by atoms with Crippen molar-refractivity contribution < 1.29 is 19.3 Å². The van der Waals surface area contributed by atoms with Crippen LogP contribution in [0.5, 0.6) is 0 Å². The van der Waals surface area contributed by atoms with Crippen LogP contribution in [0.1, 0.15) is 51.0 Å². The lowest BCUT2D eigenvalue weighted by molar-refractivity contribution is -0.384. The van der Waals surface area contributed by atoms with Gasteiger partial charge in [-0.15, -0.1) is 0 Å². The summed E-state index contributed by atoms with van der Waals surface area (Å²) in [6, 6.07) is 4.98. The minimum Gasteiger partial charge on any atom is -0.319 e. The minimum atomic E-state index is -1.34. The molecule has 1 N–H and O–H groups in total. The van der Waals surface area contributed by atoms with E-state index in [1.54, 1.807) is 6.92 Å². The van der Waals surface area contributed by atoms with E-state index in [1.807, 2.05) is 0 Å². The summed E-state index contributed by atoms with van der Waals surface area (Å²) in [5, 5.41) is 13.6. The summed E-state index contributed by atoms with van der Waals surface area (Å²) in [6.07, 6.45) is 6.32. The maximum Gasteiger partial charge on any atom is 0.325 e. The van der Waals surface area contributed by atoms with Gasteiger partial charge in [0.1, 0.15) is 5.54 Å². The number of hydrogen-bond donors (Lipinski definition) is 1. The van der Waals surface area contributed by atoms with Gasteiger partial charge in [0.15, 0.2) is 5.78 Å². The first-order valence-electron chi connectivity index (χ1n) is 10.6. The van der Waals surface area contributed by atoms with Gasteiger partial charge in [0.2, 0.25) is 0 Å². The van der Waals surface area contributed by atoms with Crippen LogP contribution < -0.4 is 5.32 Å². The molecular weight excluding hydrogens is 386 g/mol. The number of nitrogens with zero attached hydrogens (tertiary/aromatic N) is 2. The lowest BCUT2D eigenvalue weighted by Gasteiger charge is -2.56. The Labute approximate surface area is 174 Å². The number of amides is 3. The molecule has 0 spiro atoms. The third-order valence-corrected chi connectivity index (χ3v) is 7.86. The number of carbonyl (C=O) groups excluding carboxylic acids is 3. The Balaban J connectivity index is 1.36. The number of nitrogens with one attached hydrogen (secondary N) is 1. The molecule has 8 heteroatoms. The molecule has 0 radical (unpaired) electrons. The first kappa shape index (κ1) is 19.2. The predicted octanol–water partition coefficient (Wildman–Crippen LogP) is 3.15. The van der Waals surface area contributed by atoms with E-state index in [2.05, 4.69) is 5.32 Å². The second kappa shape index (κ2) is 6.36. The number of nitro groups is 1. The van der Waals surface area contributed by atoms with Crippen molar-refractivity contribution in [2.24, 2.45) is 23.2 Å². The molecule has 6 rings (SSSR count). The first-order chi connectivity index (χ1) is 14.2. The van der Waals surface area contributed by atoms with Crippen LogP contribution in [0.4, 0.5) is 10.5 Å². The Kier molecular flexibility index (Phi) is 4.07. The molecule has 1 atom stereocenters. The van der Waals surface area contributed by atoms with Gasteiger partial charge in [-0.05, 0) is 80.9 Å². The van der Waals surface area contributed by atoms with Crippen LogP contribution in [-0.2, 0) is 15.1 Å². The summed E-state index contributed by atoms with van der Waals surface area (Å²) < 4.78 is 0. The molecule has 4 saturated carbocycles. The smallest absolute Gasteiger partial charge is 0.319 e. The molecule has 1 saturated heterocycles. The summed E-state index contributed by atoms with van der Waals surface area (Å²) >= 11 is 0. The van der Waals surface area contributed by atoms with Crippen molar-refractivity contribution in [3.05, 3.63) is 39.9 Å². The molecule has 1 aliphatic heterocycles. The largest absolute Gasteiger partial charge is 0.325 e. The van der Waals surface area contributed by atoms with Gasteiger partial charge in [0.25, 0.3) is 11.6 Å². The van der Waals surface area contributed by atoms with E-state index >= 15 is 0 Å². The van der Waals surface area contributed by atoms with Crippen LogP contribution in [0.2, 0.25) is 0 Å². The second-order valence-corrected chi connectivity index (χ2v) is 9.87. The molecule has 8 nitrogen and oxygen atoms in total. The van der Waals surface area contributed by atoms with Crippen molar-refractivity contribution in [3.63, 3.8) is 0 Å². The number of rotatable bonds is 5.